The van der Waals surface area contributed by atoms with Crippen LogP contribution in [0.5, 0.6) is 0 Å². The number of likely N-dealkylation sites (tertiary alicyclic amines) is 1. The van der Waals surface area contributed by atoms with E-state index >= 15 is 0 Å². The Morgan fingerprint density at radius 1 is 1.44 bits per heavy atom. The van der Waals surface area contributed by atoms with Crippen molar-refractivity contribution in [2.75, 3.05) is 13.1 Å². The molecule has 0 aliphatic carbocycles. The summed E-state index contributed by atoms with van der Waals surface area (Å²) < 4.78 is 5.15. The monoisotopic (exact) mass is 338 g/mol. The summed E-state index contributed by atoms with van der Waals surface area (Å²) in [5, 5.41) is 5.05. The molecule has 3 aromatic rings. The van der Waals surface area contributed by atoms with Crippen molar-refractivity contribution >= 4 is 16.9 Å². The molecule has 1 atom stereocenters. The predicted octanol–water partition coefficient (Wildman–Crippen LogP) is 3.26. The third kappa shape index (κ3) is 3.04. The number of hydrogen-bond acceptors (Lipinski definition) is 4. The number of piperidine rings is 1. The number of fused-ring (bicyclic) bond motifs is 1. The highest BCUT2D eigenvalue weighted by Crippen LogP contribution is 2.24. The molecule has 4 rings (SSSR count). The molecule has 3 aromatic heterocycles. The van der Waals surface area contributed by atoms with Crippen molar-refractivity contribution in [2.45, 2.75) is 33.1 Å². The van der Waals surface area contributed by atoms with Crippen molar-refractivity contribution in [3.63, 3.8) is 0 Å². The Morgan fingerprint density at radius 2 is 2.32 bits per heavy atom. The molecule has 0 unspecified atom stereocenters. The fourth-order valence-corrected chi connectivity index (χ4v) is 3.79. The second kappa shape index (κ2) is 6.35. The number of H-pyrrole nitrogens is 1. The van der Waals surface area contributed by atoms with E-state index in [0.29, 0.717) is 22.9 Å². The molecule has 6 nitrogen and oxygen atoms in total. The van der Waals surface area contributed by atoms with Crippen LogP contribution in [0.1, 0.15) is 40.2 Å². The highest BCUT2D eigenvalue weighted by molar-refractivity contribution is 5.96. The fraction of sp³-hybridized carbons (Fsp3) is 0.421. The number of rotatable bonds is 3. The number of carbonyl (C=O) groups is 1. The van der Waals surface area contributed by atoms with E-state index in [1.165, 1.54) is 5.56 Å². The van der Waals surface area contributed by atoms with Gasteiger partial charge in [0.15, 0.2) is 0 Å². The number of aryl methyl sites for hydroxylation is 2. The number of nitrogens with one attached hydrogen (secondary N) is 1. The van der Waals surface area contributed by atoms with Gasteiger partial charge in [0.25, 0.3) is 5.91 Å². The zero-order valence-corrected chi connectivity index (χ0v) is 14.6. The van der Waals surface area contributed by atoms with Gasteiger partial charge >= 0.3 is 0 Å². The van der Waals surface area contributed by atoms with Crippen LogP contribution in [-0.4, -0.2) is 39.0 Å². The standard InChI is InChI=1S/C19H22N4O2/c1-12-17(13(2)25-22-12)19(24)23-7-3-4-14(11-23)8-15-9-16-5-6-20-18(16)21-10-15/h5-6,9-10,14H,3-4,7-8,11H2,1-2H3,(H,20,21)/t14-/m1/s1. The predicted molar refractivity (Wildman–Crippen MR) is 94.4 cm³/mol. The summed E-state index contributed by atoms with van der Waals surface area (Å²) in [5.74, 6) is 1.10. The zero-order valence-electron chi connectivity index (χ0n) is 14.6. The molecular weight excluding hydrogens is 316 g/mol. The van der Waals surface area contributed by atoms with E-state index in [1.54, 1.807) is 6.92 Å². The maximum Gasteiger partial charge on any atom is 0.259 e. The van der Waals surface area contributed by atoms with Crippen LogP contribution in [0.25, 0.3) is 11.0 Å². The Balaban J connectivity index is 1.48. The third-order valence-electron chi connectivity index (χ3n) is 5.03. The second-order valence-corrected chi connectivity index (χ2v) is 6.92. The fourth-order valence-electron chi connectivity index (χ4n) is 3.79. The summed E-state index contributed by atoms with van der Waals surface area (Å²) in [6.07, 6.45) is 6.95. The molecule has 0 radical (unpaired) electrons. The van der Waals surface area contributed by atoms with E-state index in [9.17, 15) is 4.79 Å². The van der Waals surface area contributed by atoms with Crippen LogP contribution in [0.3, 0.4) is 0 Å². The zero-order chi connectivity index (χ0) is 17.4. The molecule has 4 heterocycles. The lowest BCUT2D eigenvalue weighted by Gasteiger charge is -2.32. The van der Waals surface area contributed by atoms with Gasteiger partial charge in [0.05, 0.1) is 5.69 Å². The van der Waals surface area contributed by atoms with Crippen LogP contribution >= 0.6 is 0 Å². The Morgan fingerprint density at radius 3 is 3.12 bits per heavy atom. The number of aromatic amines is 1. The van der Waals surface area contributed by atoms with Crippen molar-refractivity contribution in [1.82, 2.24) is 20.0 Å². The first kappa shape index (κ1) is 15.9. The van der Waals surface area contributed by atoms with Crippen molar-refractivity contribution in [3.8, 4) is 0 Å². The molecule has 0 spiro atoms. The van der Waals surface area contributed by atoms with E-state index in [0.717, 1.165) is 43.4 Å². The van der Waals surface area contributed by atoms with Gasteiger partial charge in [-0.1, -0.05) is 5.16 Å². The van der Waals surface area contributed by atoms with E-state index in [-0.39, 0.29) is 5.91 Å². The third-order valence-corrected chi connectivity index (χ3v) is 5.03. The Hall–Kier alpha value is -2.63. The summed E-state index contributed by atoms with van der Waals surface area (Å²) in [4.78, 5) is 22.4. The average molecular weight is 338 g/mol. The first-order chi connectivity index (χ1) is 12.1. The Kier molecular flexibility index (Phi) is 4.03. The molecular formula is C19H22N4O2. The van der Waals surface area contributed by atoms with Gasteiger partial charge in [-0.05, 0) is 56.7 Å². The molecule has 1 N–H and O–H groups in total. The molecule has 1 aliphatic heterocycles. The SMILES string of the molecule is Cc1noc(C)c1C(=O)N1CCC[C@H](Cc2cnc3[nH]ccc3c2)C1. The van der Waals surface area contributed by atoms with Gasteiger partial charge < -0.3 is 14.4 Å². The summed E-state index contributed by atoms with van der Waals surface area (Å²) in [5.41, 5.74) is 3.44. The minimum Gasteiger partial charge on any atom is -0.361 e. The minimum absolute atomic E-state index is 0.0418. The van der Waals surface area contributed by atoms with Gasteiger partial charge in [-0.15, -0.1) is 0 Å². The van der Waals surface area contributed by atoms with Crippen molar-refractivity contribution in [1.29, 1.82) is 0 Å². The topological polar surface area (TPSA) is 75.0 Å². The van der Waals surface area contributed by atoms with Crippen LogP contribution in [0.15, 0.2) is 29.0 Å². The van der Waals surface area contributed by atoms with Gasteiger partial charge in [0.2, 0.25) is 0 Å². The molecule has 1 amide bonds. The number of hydrogen-bond donors (Lipinski definition) is 1. The Labute approximate surface area is 146 Å². The highest BCUT2D eigenvalue weighted by atomic mass is 16.5. The minimum atomic E-state index is 0.0418. The largest absolute Gasteiger partial charge is 0.361 e. The van der Waals surface area contributed by atoms with Gasteiger partial charge in [0, 0.05) is 30.9 Å². The molecule has 0 saturated carbocycles. The molecule has 25 heavy (non-hydrogen) atoms. The van der Waals surface area contributed by atoms with Gasteiger partial charge in [0.1, 0.15) is 17.0 Å². The lowest BCUT2D eigenvalue weighted by molar-refractivity contribution is 0.0671. The highest BCUT2D eigenvalue weighted by Gasteiger charge is 2.28. The van der Waals surface area contributed by atoms with Crippen LogP contribution in [0.2, 0.25) is 0 Å². The van der Waals surface area contributed by atoms with Crippen LogP contribution < -0.4 is 0 Å². The van der Waals surface area contributed by atoms with Gasteiger partial charge in [-0.2, -0.15) is 0 Å². The molecule has 1 saturated heterocycles. The Bertz CT molecular complexity index is 892. The quantitative estimate of drug-likeness (QED) is 0.795. The number of carbonyl (C=O) groups excluding carboxylic acids is 1. The molecule has 0 bridgehead atoms. The molecule has 1 aliphatic rings. The lowest BCUT2D eigenvalue weighted by Crippen LogP contribution is -2.40. The molecule has 0 aromatic carbocycles. The van der Waals surface area contributed by atoms with Crippen LogP contribution in [0, 0.1) is 19.8 Å². The first-order valence-electron chi connectivity index (χ1n) is 8.76. The van der Waals surface area contributed by atoms with Gasteiger partial charge in [-0.25, -0.2) is 4.98 Å². The number of aromatic nitrogens is 3. The summed E-state index contributed by atoms with van der Waals surface area (Å²) in [6, 6.07) is 4.23. The van der Waals surface area contributed by atoms with Crippen molar-refractivity contribution in [3.05, 3.63) is 47.1 Å². The van der Waals surface area contributed by atoms with Gasteiger partial charge in [-0.3, -0.25) is 4.79 Å². The molecule has 1 fully saturated rings. The second-order valence-electron chi connectivity index (χ2n) is 6.92. The van der Waals surface area contributed by atoms with E-state index in [1.807, 2.05) is 30.3 Å². The van der Waals surface area contributed by atoms with E-state index in [4.69, 9.17) is 4.52 Å². The first-order valence-corrected chi connectivity index (χ1v) is 8.76. The van der Waals surface area contributed by atoms with Crippen molar-refractivity contribution in [2.24, 2.45) is 5.92 Å². The smallest absolute Gasteiger partial charge is 0.259 e. The normalized spacial score (nSPS) is 18.0. The number of pyridine rings is 1. The summed E-state index contributed by atoms with van der Waals surface area (Å²) in [7, 11) is 0. The van der Waals surface area contributed by atoms with Crippen LogP contribution in [-0.2, 0) is 6.42 Å². The maximum absolute atomic E-state index is 12.9. The summed E-state index contributed by atoms with van der Waals surface area (Å²) in [6.45, 7) is 5.19. The number of amides is 1. The summed E-state index contributed by atoms with van der Waals surface area (Å²) >= 11 is 0. The molecule has 130 valence electrons. The number of nitrogens with zero attached hydrogens (tertiary/aromatic N) is 3. The van der Waals surface area contributed by atoms with E-state index < -0.39 is 0 Å². The van der Waals surface area contributed by atoms with E-state index in [2.05, 4.69) is 21.2 Å². The van der Waals surface area contributed by atoms with Crippen molar-refractivity contribution < 1.29 is 9.32 Å². The maximum atomic E-state index is 12.9. The average Bonchev–Trinajstić information content (AvgIpc) is 3.20. The molecule has 6 heteroatoms. The lowest BCUT2D eigenvalue weighted by atomic mass is 9.91. The van der Waals surface area contributed by atoms with Crippen LogP contribution in [0.4, 0.5) is 0 Å².